The van der Waals surface area contributed by atoms with Crippen LogP contribution in [0.2, 0.25) is 0 Å². The number of benzene rings is 1. The Kier molecular flexibility index (Phi) is 3.27. The Balaban J connectivity index is 1.80. The van der Waals surface area contributed by atoms with Crippen LogP contribution in [-0.4, -0.2) is 32.6 Å². The number of anilines is 1. The molecule has 0 fully saturated rings. The summed E-state index contributed by atoms with van der Waals surface area (Å²) in [5, 5.41) is 11.9. The fourth-order valence-electron chi connectivity index (χ4n) is 2.42. The number of hydrogen-bond acceptors (Lipinski definition) is 2. The van der Waals surface area contributed by atoms with Gasteiger partial charge in [-0.2, -0.15) is 0 Å². The van der Waals surface area contributed by atoms with Crippen molar-refractivity contribution in [1.29, 1.82) is 0 Å². The van der Waals surface area contributed by atoms with Gasteiger partial charge < -0.3 is 0 Å². The number of aliphatic hydroxyl groups is 1. The third-order valence-electron chi connectivity index (χ3n) is 3.36. The number of carbonyl (C=O) groups is 1. The third-order valence-corrected chi connectivity index (χ3v) is 6.17. The molecule has 19 heavy (non-hydrogen) atoms. The van der Waals surface area contributed by atoms with E-state index < -0.39 is 15.0 Å². The van der Waals surface area contributed by atoms with Crippen molar-refractivity contribution in [3.8, 4) is 0 Å². The van der Waals surface area contributed by atoms with Crippen LogP contribution in [0.3, 0.4) is 0 Å². The van der Waals surface area contributed by atoms with E-state index in [1.54, 1.807) is 6.07 Å². The molecule has 0 bridgehead atoms. The fourth-order valence-corrected chi connectivity index (χ4v) is 4.79. The van der Waals surface area contributed by atoms with Crippen molar-refractivity contribution in [1.82, 2.24) is 0 Å². The van der Waals surface area contributed by atoms with E-state index in [-0.39, 0.29) is 24.2 Å². The summed E-state index contributed by atoms with van der Waals surface area (Å²) in [7, 11) is 0. The van der Waals surface area contributed by atoms with Crippen molar-refractivity contribution in [2.24, 2.45) is 0 Å². The SMILES string of the molecule is O=C1Nc2ccc(F)cc2C1CC1=CC=C(CO)[SeH2]1. The van der Waals surface area contributed by atoms with Gasteiger partial charge in [0.15, 0.2) is 0 Å². The summed E-state index contributed by atoms with van der Waals surface area (Å²) in [6, 6.07) is 4.41. The molecular weight excluding hydrogens is 312 g/mol. The monoisotopic (exact) mass is 327 g/mol. The van der Waals surface area contributed by atoms with Crippen molar-refractivity contribution in [3.05, 3.63) is 50.7 Å². The minimum absolute atomic E-state index is 0.0643. The van der Waals surface area contributed by atoms with Crippen LogP contribution in [0.1, 0.15) is 17.9 Å². The molecule has 2 heterocycles. The quantitative estimate of drug-likeness (QED) is 0.820. The van der Waals surface area contributed by atoms with E-state index in [1.165, 1.54) is 16.6 Å². The molecule has 1 atom stereocenters. The van der Waals surface area contributed by atoms with E-state index >= 15 is 0 Å². The van der Waals surface area contributed by atoms with Gasteiger partial charge in [-0.05, 0) is 0 Å². The van der Waals surface area contributed by atoms with Crippen molar-refractivity contribution in [2.75, 3.05) is 11.9 Å². The molecule has 0 aliphatic carbocycles. The van der Waals surface area contributed by atoms with E-state index in [4.69, 9.17) is 5.11 Å². The van der Waals surface area contributed by atoms with E-state index in [1.807, 2.05) is 12.2 Å². The number of halogens is 1. The number of fused-ring (bicyclic) bond motifs is 1. The van der Waals surface area contributed by atoms with Crippen molar-refractivity contribution in [2.45, 2.75) is 12.3 Å². The van der Waals surface area contributed by atoms with E-state index in [9.17, 15) is 9.18 Å². The van der Waals surface area contributed by atoms with E-state index in [2.05, 4.69) is 5.32 Å². The molecule has 100 valence electrons. The summed E-state index contributed by atoms with van der Waals surface area (Å²) < 4.78 is 15.6. The molecule has 2 aliphatic heterocycles. The van der Waals surface area contributed by atoms with Gasteiger partial charge in [0.25, 0.3) is 0 Å². The van der Waals surface area contributed by atoms with Crippen molar-refractivity contribution >= 4 is 26.6 Å². The van der Waals surface area contributed by atoms with Gasteiger partial charge in [-0.25, -0.2) is 0 Å². The van der Waals surface area contributed by atoms with Crippen LogP contribution in [0, 0.1) is 5.82 Å². The number of amides is 1. The summed E-state index contributed by atoms with van der Waals surface area (Å²) in [5.41, 5.74) is 1.46. The molecule has 5 heteroatoms. The summed E-state index contributed by atoms with van der Waals surface area (Å²) in [4.78, 5) is 12.0. The zero-order valence-electron chi connectivity index (χ0n) is 10.1. The molecule has 1 amide bonds. The third kappa shape index (κ3) is 2.37. The van der Waals surface area contributed by atoms with Crippen molar-refractivity contribution < 1.29 is 14.3 Å². The van der Waals surface area contributed by atoms with Gasteiger partial charge in [-0.15, -0.1) is 0 Å². The normalized spacial score (nSPS) is 23.1. The molecule has 1 aromatic rings. The second kappa shape index (κ2) is 4.93. The maximum atomic E-state index is 13.3. The number of hydrogen-bond donors (Lipinski definition) is 2. The average molecular weight is 326 g/mol. The zero-order chi connectivity index (χ0) is 13.4. The Morgan fingerprint density at radius 2 is 2.11 bits per heavy atom. The molecule has 0 spiro atoms. The number of rotatable bonds is 3. The van der Waals surface area contributed by atoms with Crippen LogP contribution in [0.5, 0.6) is 0 Å². The van der Waals surface area contributed by atoms with Gasteiger partial charge in [0.2, 0.25) is 0 Å². The Bertz CT molecular complexity index is 609. The Morgan fingerprint density at radius 3 is 2.84 bits per heavy atom. The number of allylic oxidation sites excluding steroid dienone is 3. The predicted molar refractivity (Wildman–Crippen MR) is 74.2 cm³/mol. The first kappa shape index (κ1) is 12.6. The Morgan fingerprint density at radius 1 is 1.32 bits per heavy atom. The van der Waals surface area contributed by atoms with Crippen molar-refractivity contribution in [3.63, 3.8) is 0 Å². The van der Waals surface area contributed by atoms with Crippen LogP contribution < -0.4 is 5.32 Å². The molecule has 2 aliphatic rings. The molecule has 0 radical (unpaired) electrons. The molecule has 3 nitrogen and oxygen atoms in total. The predicted octanol–water partition coefficient (Wildman–Crippen LogP) is 1.19. The molecule has 0 saturated heterocycles. The number of aliphatic hydroxyl groups excluding tert-OH is 1. The summed E-state index contributed by atoms with van der Waals surface area (Å²) in [6.07, 6.45) is 4.56. The van der Waals surface area contributed by atoms with Gasteiger partial charge in [0.1, 0.15) is 0 Å². The molecular formula is C14H14FNO2Se. The summed E-state index contributed by atoms with van der Waals surface area (Å²) >= 11 is -0.467. The summed E-state index contributed by atoms with van der Waals surface area (Å²) in [5.74, 6) is -0.677. The average Bonchev–Trinajstić information content (AvgIpc) is 2.96. The van der Waals surface area contributed by atoms with Gasteiger partial charge in [-0.1, -0.05) is 0 Å². The summed E-state index contributed by atoms with van der Waals surface area (Å²) in [6.45, 7) is 0.0993. The minimum atomic E-state index is -0.467. The zero-order valence-corrected chi connectivity index (χ0v) is 12.2. The molecule has 1 aromatic carbocycles. The van der Waals surface area contributed by atoms with Gasteiger partial charge >= 0.3 is 116 Å². The van der Waals surface area contributed by atoms with Crippen LogP contribution in [-0.2, 0) is 4.79 Å². The van der Waals surface area contributed by atoms with Crippen LogP contribution in [0.25, 0.3) is 0 Å². The Hall–Kier alpha value is -1.42. The van der Waals surface area contributed by atoms with Crippen LogP contribution in [0.15, 0.2) is 39.3 Å². The first-order valence-electron chi connectivity index (χ1n) is 6.05. The van der Waals surface area contributed by atoms with Crippen LogP contribution >= 0.6 is 0 Å². The molecule has 2 N–H and O–H groups in total. The van der Waals surface area contributed by atoms with Gasteiger partial charge in [0, 0.05) is 0 Å². The second-order valence-electron chi connectivity index (χ2n) is 4.64. The topological polar surface area (TPSA) is 49.3 Å². The molecule has 1 unspecified atom stereocenters. The van der Waals surface area contributed by atoms with Gasteiger partial charge in [0.05, 0.1) is 0 Å². The second-order valence-corrected chi connectivity index (χ2v) is 7.86. The molecule has 0 saturated carbocycles. The fraction of sp³-hybridized carbons (Fsp3) is 0.214. The first-order valence-corrected chi connectivity index (χ1v) is 8.15. The maximum absolute atomic E-state index is 13.3. The number of nitrogens with one attached hydrogen (secondary N) is 1. The van der Waals surface area contributed by atoms with E-state index in [0.717, 1.165) is 10.0 Å². The van der Waals surface area contributed by atoms with E-state index in [0.29, 0.717) is 12.1 Å². The van der Waals surface area contributed by atoms with Crippen LogP contribution in [0.4, 0.5) is 10.1 Å². The molecule has 3 rings (SSSR count). The standard InChI is InChI=1S/C14H14FNO2Se/c15-8-1-4-13-11(5-8)12(14(18)16-13)6-9-2-3-10(7-17)19-9/h1-5,12,17H,6-7,19H2,(H,16,18). The van der Waals surface area contributed by atoms with Gasteiger partial charge in [-0.3, -0.25) is 0 Å². The first-order chi connectivity index (χ1) is 9.17. The number of carbonyl (C=O) groups excluding carboxylic acids is 1. The molecule has 0 aromatic heterocycles. The Labute approximate surface area is 116 Å².